The van der Waals surface area contributed by atoms with Gasteiger partial charge in [-0.25, -0.2) is 0 Å². The summed E-state index contributed by atoms with van der Waals surface area (Å²) in [4.78, 5) is 2.46. The predicted octanol–water partition coefficient (Wildman–Crippen LogP) is 2.84. The second-order valence-corrected chi connectivity index (χ2v) is 5.32. The van der Waals surface area contributed by atoms with Crippen molar-refractivity contribution in [2.45, 2.75) is 40.0 Å². The number of thioether (sulfide) groups is 1. The Morgan fingerprint density at radius 2 is 1.69 bits per heavy atom. The lowest BCUT2D eigenvalue weighted by atomic mass is 10.3. The molecule has 0 atom stereocenters. The van der Waals surface area contributed by atoms with E-state index in [9.17, 15) is 0 Å². The Labute approximate surface area is 107 Å². The second-order valence-electron chi connectivity index (χ2n) is 4.10. The van der Waals surface area contributed by atoms with Gasteiger partial charge in [-0.15, -0.1) is 0 Å². The van der Waals surface area contributed by atoms with Gasteiger partial charge in [0.1, 0.15) is 0 Å². The quantitative estimate of drug-likeness (QED) is 0.533. The number of hydrogen-bond donors (Lipinski definition) is 1. The lowest BCUT2D eigenvalue weighted by Crippen LogP contribution is -2.32. The topological polar surface area (TPSA) is 15.3 Å². The molecule has 0 amide bonds. The van der Waals surface area contributed by atoms with Crippen LogP contribution < -0.4 is 5.32 Å². The maximum Gasteiger partial charge on any atom is 0.0107 e. The summed E-state index contributed by atoms with van der Waals surface area (Å²) in [5.41, 5.74) is 0. The van der Waals surface area contributed by atoms with E-state index in [1.165, 1.54) is 50.4 Å². The molecule has 0 spiro atoms. The molecule has 2 nitrogen and oxygen atoms in total. The van der Waals surface area contributed by atoms with Gasteiger partial charge in [0.25, 0.3) is 0 Å². The van der Waals surface area contributed by atoms with E-state index in [1.54, 1.807) is 0 Å². The highest BCUT2D eigenvalue weighted by molar-refractivity contribution is 7.99. The van der Waals surface area contributed by atoms with Gasteiger partial charge >= 0.3 is 0 Å². The Balaban J connectivity index is 3.03. The Hall–Kier alpha value is 0.270. The Bertz CT molecular complexity index is 127. The Kier molecular flexibility index (Phi) is 13.6. The third-order valence-corrected chi connectivity index (χ3v) is 3.88. The average molecular weight is 246 g/mol. The van der Waals surface area contributed by atoms with Crippen LogP contribution in [0.15, 0.2) is 0 Å². The Morgan fingerprint density at radius 3 is 2.31 bits per heavy atom. The molecule has 0 aliphatic heterocycles. The van der Waals surface area contributed by atoms with Gasteiger partial charge in [-0.05, 0) is 25.3 Å². The number of nitrogens with one attached hydrogen (secondary N) is 1. The maximum absolute atomic E-state index is 3.51. The molecule has 0 aliphatic rings. The first-order valence-corrected chi connectivity index (χ1v) is 8.01. The van der Waals surface area contributed by atoms with Crippen molar-refractivity contribution in [3.05, 3.63) is 0 Å². The van der Waals surface area contributed by atoms with Crippen LogP contribution in [0.4, 0.5) is 0 Å². The monoisotopic (exact) mass is 246 g/mol. The smallest absolute Gasteiger partial charge is 0.0107 e. The van der Waals surface area contributed by atoms with E-state index in [0.29, 0.717) is 0 Å². The molecule has 0 aromatic heterocycles. The molecule has 0 aromatic rings. The molecule has 0 saturated heterocycles. The van der Waals surface area contributed by atoms with Crippen molar-refractivity contribution >= 4 is 11.8 Å². The van der Waals surface area contributed by atoms with E-state index in [1.807, 2.05) is 0 Å². The number of hydrogen-bond acceptors (Lipinski definition) is 3. The molecule has 1 N–H and O–H groups in total. The minimum atomic E-state index is 1.14. The van der Waals surface area contributed by atoms with E-state index in [0.717, 1.165) is 13.1 Å². The molecule has 16 heavy (non-hydrogen) atoms. The van der Waals surface area contributed by atoms with Crippen molar-refractivity contribution in [2.24, 2.45) is 0 Å². The molecule has 98 valence electrons. The zero-order valence-electron chi connectivity index (χ0n) is 11.4. The van der Waals surface area contributed by atoms with Crippen LogP contribution in [0.1, 0.15) is 40.0 Å². The van der Waals surface area contributed by atoms with Gasteiger partial charge in [0.15, 0.2) is 0 Å². The zero-order chi connectivity index (χ0) is 12.1. The van der Waals surface area contributed by atoms with Crippen LogP contribution in [0, 0.1) is 0 Å². The molecule has 0 aromatic carbocycles. The normalized spacial score (nSPS) is 11.2. The van der Waals surface area contributed by atoms with Crippen LogP contribution in [0.25, 0.3) is 0 Å². The second kappa shape index (κ2) is 13.3. The van der Waals surface area contributed by atoms with Crippen molar-refractivity contribution in [1.82, 2.24) is 10.2 Å². The van der Waals surface area contributed by atoms with Crippen molar-refractivity contribution < 1.29 is 0 Å². The van der Waals surface area contributed by atoms with Crippen LogP contribution in [0.3, 0.4) is 0 Å². The summed E-state index contributed by atoms with van der Waals surface area (Å²) < 4.78 is 0. The first kappa shape index (κ1) is 16.3. The summed E-state index contributed by atoms with van der Waals surface area (Å²) in [5.74, 6) is 2.60. The SMILES string of the molecule is CCCCCSCCNCCN(CC)CC. The molecule has 0 unspecified atom stereocenters. The number of rotatable bonds is 12. The van der Waals surface area contributed by atoms with Gasteiger partial charge in [-0.3, -0.25) is 0 Å². The van der Waals surface area contributed by atoms with E-state index >= 15 is 0 Å². The Morgan fingerprint density at radius 1 is 0.938 bits per heavy atom. The largest absolute Gasteiger partial charge is 0.315 e. The van der Waals surface area contributed by atoms with Crippen LogP contribution in [-0.4, -0.2) is 49.1 Å². The van der Waals surface area contributed by atoms with Crippen LogP contribution >= 0.6 is 11.8 Å². The molecule has 0 saturated carbocycles. The molecular formula is C13H30N2S. The molecule has 3 heteroatoms. The molecule has 0 bridgehead atoms. The molecule has 0 heterocycles. The lowest BCUT2D eigenvalue weighted by molar-refractivity contribution is 0.303. The minimum Gasteiger partial charge on any atom is -0.315 e. The lowest BCUT2D eigenvalue weighted by Gasteiger charge is -2.17. The van der Waals surface area contributed by atoms with E-state index in [2.05, 4.69) is 42.7 Å². The predicted molar refractivity (Wildman–Crippen MR) is 77.5 cm³/mol. The number of nitrogens with zero attached hydrogens (tertiary/aromatic N) is 1. The van der Waals surface area contributed by atoms with Gasteiger partial charge in [0, 0.05) is 25.4 Å². The van der Waals surface area contributed by atoms with Crippen molar-refractivity contribution in [3.63, 3.8) is 0 Å². The fraction of sp³-hybridized carbons (Fsp3) is 1.00. The fourth-order valence-corrected chi connectivity index (χ4v) is 2.50. The summed E-state index contributed by atoms with van der Waals surface area (Å²) in [5, 5.41) is 3.51. The number of likely N-dealkylation sites (N-methyl/N-ethyl adjacent to an activating group) is 1. The van der Waals surface area contributed by atoms with E-state index in [-0.39, 0.29) is 0 Å². The first-order valence-electron chi connectivity index (χ1n) is 6.85. The van der Waals surface area contributed by atoms with Gasteiger partial charge < -0.3 is 10.2 Å². The van der Waals surface area contributed by atoms with E-state index < -0.39 is 0 Å². The highest BCUT2D eigenvalue weighted by atomic mass is 32.2. The first-order chi connectivity index (χ1) is 7.85. The third kappa shape index (κ3) is 10.8. The van der Waals surface area contributed by atoms with Gasteiger partial charge in [-0.1, -0.05) is 33.6 Å². The van der Waals surface area contributed by atoms with Crippen LogP contribution in [-0.2, 0) is 0 Å². The molecule has 0 rings (SSSR count). The van der Waals surface area contributed by atoms with Crippen LogP contribution in [0.2, 0.25) is 0 Å². The minimum absolute atomic E-state index is 1.14. The van der Waals surface area contributed by atoms with Crippen LogP contribution in [0.5, 0.6) is 0 Å². The summed E-state index contributed by atoms with van der Waals surface area (Å²) in [6.07, 6.45) is 4.12. The molecule has 0 aliphatic carbocycles. The molecular weight excluding hydrogens is 216 g/mol. The number of unbranched alkanes of at least 4 members (excludes halogenated alkanes) is 2. The van der Waals surface area contributed by atoms with Gasteiger partial charge in [-0.2, -0.15) is 11.8 Å². The van der Waals surface area contributed by atoms with Crippen molar-refractivity contribution in [3.8, 4) is 0 Å². The average Bonchev–Trinajstić information content (AvgIpc) is 2.32. The van der Waals surface area contributed by atoms with Crippen molar-refractivity contribution in [1.29, 1.82) is 0 Å². The standard InChI is InChI=1S/C13H30N2S/c1-4-7-8-12-16-13-10-14-9-11-15(5-2)6-3/h14H,4-13H2,1-3H3. The third-order valence-electron chi connectivity index (χ3n) is 2.81. The van der Waals surface area contributed by atoms with Crippen molar-refractivity contribution in [2.75, 3.05) is 44.2 Å². The highest BCUT2D eigenvalue weighted by Gasteiger charge is 1.97. The summed E-state index contributed by atoms with van der Waals surface area (Å²) in [6, 6.07) is 0. The van der Waals surface area contributed by atoms with Gasteiger partial charge in [0.05, 0.1) is 0 Å². The van der Waals surface area contributed by atoms with Gasteiger partial charge in [0.2, 0.25) is 0 Å². The van der Waals surface area contributed by atoms with E-state index in [4.69, 9.17) is 0 Å². The molecule has 0 fully saturated rings. The summed E-state index contributed by atoms with van der Waals surface area (Å²) in [7, 11) is 0. The summed E-state index contributed by atoms with van der Waals surface area (Å²) in [6.45, 7) is 12.6. The fourth-order valence-electron chi connectivity index (χ4n) is 1.60. The maximum atomic E-state index is 3.51. The molecule has 0 radical (unpaired) electrons. The zero-order valence-corrected chi connectivity index (χ0v) is 12.2. The highest BCUT2D eigenvalue weighted by Crippen LogP contribution is 2.04. The summed E-state index contributed by atoms with van der Waals surface area (Å²) >= 11 is 2.09.